The predicted molar refractivity (Wildman–Crippen MR) is 87.5 cm³/mol. The van der Waals surface area contributed by atoms with Crippen molar-refractivity contribution in [3.8, 4) is 0 Å². The first kappa shape index (κ1) is 15.3. The molecule has 0 aromatic heterocycles. The number of carbonyl (C=O) groups is 1. The summed E-state index contributed by atoms with van der Waals surface area (Å²) in [6, 6.07) is 5.59. The molecule has 1 atom stereocenters. The van der Waals surface area contributed by atoms with Gasteiger partial charge in [-0.25, -0.2) is 0 Å². The van der Waals surface area contributed by atoms with Crippen molar-refractivity contribution in [2.24, 2.45) is 8.73 Å². The fraction of sp³-hybridized carbons (Fsp3) is 0.533. The second-order valence-electron chi connectivity index (χ2n) is 6.27. The summed E-state index contributed by atoms with van der Waals surface area (Å²) in [5.41, 5.74) is 1.41. The van der Waals surface area contributed by atoms with Gasteiger partial charge in [-0.2, -0.15) is 8.73 Å². The predicted octanol–water partition coefficient (Wildman–Crippen LogP) is 2.59. The molecule has 1 unspecified atom stereocenters. The Hall–Kier alpha value is -1.57. The Labute approximate surface area is 133 Å². The molecule has 1 fully saturated rings. The van der Waals surface area contributed by atoms with Crippen LogP contribution < -0.4 is 5.32 Å². The molecule has 6 nitrogen and oxygen atoms in total. The fourth-order valence-electron chi connectivity index (χ4n) is 3.10. The number of anilines is 1. The summed E-state index contributed by atoms with van der Waals surface area (Å²) in [6.07, 6.45) is 1.93. The van der Waals surface area contributed by atoms with Crippen molar-refractivity contribution >= 4 is 34.3 Å². The van der Waals surface area contributed by atoms with Gasteiger partial charge in [-0.15, -0.1) is 0 Å². The third-order valence-corrected chi connectivity index (χ3v) is 4.63. The molecule has 0 bridgehead atoms. The van der Waals surface area contributed by atoms with E-state index >= 15 is 0 Å². The van der Waals surface area contributed by atoms with E-state index in [4.69, 9.17) is 0 Å². The molecule has 2 aliphatic heterocycles. The zero-order chi connectivity index (χ0) is 15.7. The number of nitrogens with one attached hydrogen (secondary N) is 1. The van der Waals surface area contributed by atoms with Gasteiger partial charge >= 0.3 is 0 Å². The number of likely N-dealkylation sites (tertiary alicyclic amines) is 1. The van der Waals surface area contributed by atoms with Crippen LogP contribution in [0.5, 0.6) is 0 Å². The average molecular weight is 320 g/mol. The molecule has 0 radical (unpaired) electrons. The van der Waals surface area contributed by atoms with Crippen LogP contribution in [0.3, 0.4) is 0 Å². The first-order chi connectivity index (χ1) is 10.4. The Morgan fingerprint density at radius 1 is 1.50 bits per heavy atom. The van der Waals surface area contributed by atoms with Gasteiger partial charge in [0.1, 0.15) is 11.4 Å². The third-order valence-electron chi connectivity index (χ3n) is 4.09. The molecule has 1 aromatic carbocycles. The van der Waals surface area contributed by atoms with Gasteiger partial charge in [0, 0.05) is 6.04 Å². The van der Waals surface area contributed by atoms with E-state index in [1.807, 2.05) is 18.2 Å². The number of hydrogen-bond acceptors (Lipinski definition) is 5. The minimum absolute atomic E-state index is 0.0231. The lowest BCUT2D eigenvalue weighted by molar-refractivity contribution is -0.118. The Balaban J connectivity index is 1.67. The number of carbonyl (C=O) groups excluding carboxylic acids is 1. The number of nitrogens with zero attached hydrogens (tertiary/aromatic N) is 3. The van der Waals surface area contributed by atoms with Crippen molar-refractivity contribution in [2.45, 2.75) is 38.3 Å². The number of benzene rings is 1. The Morgan fingerprint density at radius 3 is 3.09 bits per heavy atom. The third kappa shape index (κ3) is 3.11. The van der Waals surface area contributed by atoms with E-state index in [1.165, 1.54) is 0 Å². The van der Waals surface area contributed by atoms with E-state index in [1.54, 1.807) is 13.8 Å². The Morgan fingerprint density at radius 2 is 2.32 bits per heavy atom. The second-order valence-corrected chi connectivity index (χ2v) is 6.80. The van der Waals surface area contributed by atoms with Gasteiger partial charge in [-0.3, -0.25) is 9.69 Å². The number of rotatable bonds is 4. The van der Waals surface area contributed by atoms with Crippen LogP contribution in [0, 0.1) is 0 Å². The molecule has 1 aromatic rings. The quantitative estimate of drug-likeness (QED) is 0.909. The largest absolute Gasteiger partial charge is 0.389 e. The molecule has 2 aliphatic rings. The van der Waals surface area contributed by atoms with Crippen molar-refractivity contribution in [2.75, 3.05) is 18.4 Å². The van der Waals surface area contributed by atoms with E-state index in [0.29, 0.717) is 5.69 Å². The highest BCUT2D eigenvalue weighted by Gasteiger charge is 2.36. The van der Waals surface area contributed by atoms with Crippen LogP contribution >= 0.6 is 0 Å². The lowest BCUT2D eigenvalue weighted by atomic mass is 9.97. The fourth-order valence-corrected chi connectivity index (χ4v) is 3.65. The molecule has 1 saturated heterocycles. The molecule has 7 heteroatoms. The zero-order valence-electron chi connectivity index (χ0n) is 12.7. The molecule has 0 saturated carbocycles. The highest BCUT2D eigenvalue weighted by atomic mass is 32.1. The summed E-state index contributed by atoms with van der Waals surface area (Å²) in [5.74, 6) is -0.0864. The smallest absolute Gasteiger partial charge is 0.238 e. The molecule has 0 spiro atoms. The maximum absolute atomic E-state index is 12.3. The van der Waals surface area contributed by atoms with Gasteiger partial charge in [0.2, 0.25) is 5.91 Å². The van der Waals surface area contributed by atoms with Crippen molar-refractivity contribution in [1.82, 2.24) is 4.90 Å². The van der Waals surface area contributed by atoms with E-state index in [0.717, 1.165) is 42.1 Å². The lowest BCUT2D eigenvalue weighted by Gasteiger charge is -2.33. The number of hydrogen-bond donors (Lipinski definition) is 2. The lowest BCUT2D eigenvalue weighted by Crippen LogP contribution is -2.48. The monoisotopic (exact) mass is 320 g/mol. The molecule has 2 heterocycles. The average Bonchev–Trinajstić information content (AvgIpc) is 3.06. The molecule has 22 heavy (non-hydrogen) atoms. The standard InChI is InChI=1S/C15H20N4O2S/c1-15(2,21)12-7-4-8-19(12)9-13(20)16-10-5-3-6-11-14(10)18-22-17-11/h3,5-6,12,21H,4,7-9H2,1-2H3,(H,16,20). The first-order valence-electron chi connectivity index (χ1n) is 7.43. The van der Waals surface area contributed by atoms with Gasteiger partial charge in [0.15, 0.2) is 0 Å². The number of amides is 1. The summed E-state index contributed by atoms with van der Waals surface area (Å²) in [5, 5.41) is 13.1. The normalized spacial score (nSPS) is 20.8. The molecule has 1 amide bonds. The van der Waals surface area contributed by atoms with Crippen LogP contribution in [-0.2, 0) is 16.1 Å². The topological polar surface area (TPSA) is 77.3 Å². The SMILES string of the molecule is CC(C)(O)C1CCCN1CC(=O)Nc1cccc2c1N=S=N2. The number of aliphatic hydroxyl groups is 1. The van der Waals surface area contributed by atoms with Crippen molar-refractivity contribution < 1.29 is 9.90 Å². The Bertz CT molecular complexity index is 662. The van der Waals surface area contributed by atoms with Gasteiger partial charge in [-0.1, -0.05) is 6.07 Å². The molecular weight excluding hydrogens is 300 g/mol. The summed E-state index contributed by atoms with van der Waals surface area (Å²) >= 11 is 1.14. The zero-order valence-corrected chi connectivity index (χ0v) is 13.6. The first-order valence-corrected chi connectivity index (χ1v) is 8.16. The summed E-state index contributed by atoms with van der Waals surface area (Å²) in [6.45, 7) is 4.72. The maximum Gasteiger partial charge on any atom is 0.238 e. The number of fused-ring (bicyclic) bond motifs is 1. The van der Waals surface area contributed by atoms with Gasteiger partial charge < -0.3 is 10.4 Å². The van der Waals surface area contributed by atoms with E-state index in [2.05, 4.69) is 18.9 Å². The van der Waals surface area contributed by atoms with E-state index in [9.17, 15) is 9.90 Å². The highest BCUT2D eigenvalue weighted by Crippen LogP contribution is 2.38. The van der Waals surface area contributed by atoms with Gasteiger partial charge in [0.25, 0.3) is 0 Å². The minimum atomic E-state index is -0.796. The van der Waals surface area contributed by atoms with E-state index < -0.39 is 5.60 Å². The maximum atomic E-state index is 12.3. The molecule has 118 valence electrons. The summed E-state index contributed by atoms with van der Waals surface area (Å²) < 4.78 is 8.39. The minimum Gasteiger partial charge on any atom is -0.389 e. The van der Waals surface area contributed by atoms with Crippen LogP contribution in [0.4, 0.5) is 17.1 Å². The highest BCUT2D eigenvalue weighted by molar-refractivity contribution is 7.58. The summed E-state index contributed by atoms with van der Waals surface area (Å²) in [7, 11) is 0. The Kier molecular flexibility index (Phi) is 4.12. The molecule has 3 rings (SSSR count). The van der Waals surface area contributed by atoms with Crippen LogP contribution in [0.25, 0.3) is 0 Å². The summed E-state index contributed by atoms with van der Waals surface area (Å²) in [4.78, 5) is 14.4. The van der Waals surface area contributed by atoms with Crippen LogP contribution in [0.2, 0.25) is 0 Å². The molecule has 2 N–H and O–H groups in total. The second kappa shape index (κ2) is 5.91. The van der Waals surface area contributed by atoms with Crippen molar-refractivity contribution in [3.05, 3.63) is 18.2 Å². The van der Waals surface area contributed by atoms with Gasteiger partial charge in [-0.05, 0) is 45.4 Å². The van der Waals surface area contributed by atoms with Crippen molar-refractivity contribution in [3.63, 3.8) is 0 Å². The van der Waals surface area contributed by atoms with Gasteiger partial charge in [0.05, 0.1) is 29.2 Å². The van der Waals surface area contributed by atoms with Crippen LogP contribution in [-0.4, -0.2) is 40.6 Å². The van der Waals surface area contributed by atoms with E-state index in [-0.39, 0.29) is 18.5 Å². The van der Waals surface area contributed by atoms with Crippen molar-refractivity contribution in [1.29, 1.82) is 0 Å². The van der Waals surface area contributed by atoms with Crippen LogP contribution in [0.15, 0.2) is 26.9 Å². The molecule has 0 aliphatic carbocycles. The van der Waals surface area contributed by atoms with Crippen LogP contribution in [0.1, 0.15) is 26.7 Å². The molecular formula is C15H20N4O2S.